The summed E-state index contributed by atoms with van der Waals surface area (Å²) in [6.07, 6.45) is 7.04. The van der Waals surface area contributed by atoms with Crippen LogP contribution in [0.4, 0.5) is 0 Å². The first-order chi connectivity index (χ1) is 12.5. The number of aliphatic imine (C=N–C) groups is 1. The van der Waals surface area contributed by atoms with E-state index in [-0.39, 0.29) is 11.2 Å². The summed E-state index contributed by atoms with van der Waals surface area (Å²) in [6.45, 7) is 3.65. The van der Waals surface area contributed by atoms with Gasteiger partial charge in [0.05, 0.1) is 5.75 Å². The Morgan fingerprint density at radius 3 is 2.62 bits per heavy atom. The molecule has 0 amide bonds. The van der Waals surface area contributed by atoms with E-state index in [4.69, 9.17) is 0 Å². The molecule has 1 saturated carbocycles. The molecule has 2 rings (SSSR count). The quantitative estimate of drug-likeness (QED) is 0.338. The molecule has 0 spiro atoms. The maximum atomic E-state index is 11.4. The first-order valence-electron chi connectivity index (χ1n) is 9.47. The van der Waals surface area contributed by atoms with Crippen molar-refractivity contribution in [2.45, 2.75) is 50.9 Å². The molecule has 0 bridgehead atoms. The van der Waals surface area contributed by atoms with Crippen LogP contribution in [-0.2, 0) is 15.4 Å². The SMILES string of the molecule is CCS(=O)(=O)NCCCNC(=NC)NCC1(c2cccs2)CCCCC1. The van der Waals surface area contributed by atoms with E-state index < -0.39 is 10.0 Å². The molecule has 8 heteroatoms. The van der Waals surface area contributed by atoms with Gasteiger partial charge in [-0.1, -0.05) is 25.3 Å². The summed E-state index contributed by atoms with van der Waals surface area (Å²) in [6, 6.07) is 4.40. The fourth-order valence-corrected chi connectivity index (χ4v) is 5.06. The van der Waals surface area contributed by atoms with E-state index in [1.54, 1.807) is 14.0 Å². The lowest BCUT2D eigenvalue weighted by atomic mass is 9.73. The van der Waals surface area contributed by atoms with Crippen LogP contribution >= 0.6 is 11.3 Å². The zero-order valence-electron chi connectivity index (χ0n) is 15.9. The van der Waals surface area contributed by atoms with Gasteiger partial charge in [0.25, 0.3) is 0 Å². The monoisotopic (exact) mass is 400 g/mol. The Morgan fingerprint density at radius 2 is 2.00 bits per heavy atom. The first-order valence-corrected chi connectivity index (χ1v) is 12.0. The molecular formula is C18H32N4O2S2. The molecular weight excluding hydrogens is 368 g/mol. The van der Waals surface area contributed by atoms with Crippen molar-refractivity contribution in [2.24, 2.45) is 4.99 Å². The second-order valence-corrected chi connectivity index (χ2v) is 9.87. The van der Waals surface area contributed by atoms with Crippen LogP contribution in [0.5, 0.6) is 0 Å². The van der Waals surface area contributed by atoms with E-state index in [0.717, 1.165) is 18.9 Å². The van der Waals surface area contributed by atoms with Crippen LogP contribution in [0.2, 0.25) is 0 Å². The summed E-state index contributed by atoms with van der Waals surface area (Å²) in [5.74, 6) is 0.902. The highest BCUT2D eigenvalue weighted by Gasteiger charge is 2.34. The maximum Gasteiger partial charge on any atom is 0.211 e. The fourth-order valence-electron chi connectivity index (χ4n) is 3.42. The molecule has 0 radical (unpaired) electrons. The van der Waals surface area contributed by atoms with Crippen molar-refractivity contribution >= 4 is 27.3 Å². The van der Waals surface area contributed by atoms with Crippen LogP contribution in [0.15, 0.2) is 22.5 Å². The summed E-state index contributed by atoms with van der Waals surface area (Å²) >= 11 is 1.85. The molecule has 1 heterocycles. The summed E-state index contributed by atoms with van der Waals surface area (Å²) in [7, 11) is -1.33. The van der Waals surface area contributed by atoms with Gasteiger partial charge in [-0.3, -0.25) is 4.99 Å². The Balaban J connectivity index is 1.80. The first kappa shape index (κ1) is 21.2. The third kappa shape index (κ3) is 6.25. The summed E-state index contributed by atoms with van der Waals surface area (Å²) < 4.78 is 25.4. The van der Waals surface area contributed by atoms with Gasteiger partial charge in [-0.05, 0) is 37.6 Å². The van der Waals surface area contributed by atoms with Crippen molar-refractivity contribution in [2.75, 3.05) is 32.4 Å². The van der Waals surface area contributed by atoms with Gasteiger partial charge in [0.2, 0.25) is 10.0 Å². The van der Waals surface area contributed by atoms with Crippen molar-refractivity contribution in [1.29, 1.82) is 0 Å². The number of hydrogen-bond donors (Lipinski definition) is 3. The predicted molar refractivity (Wildman–Crippen MR) is 111 cm³/mol. The van der Waals surface area contributed by atoms with Crippen LogP contribution < -0.4 is 15.4 Å². The molecule has 0 aliphatic heterocycles. The third-order valence-corrected chi connectivity index (χ3v) is 7.54. The largest absolute Gasteiger partial charge is 0.356 e. The highest BCUT2D eigenvalue weighted by atomic mass is 32.2. The molecule has 148 valence electrons. The van der Waals surface area contributed by atoms with Gasteiger partial charge in [0.1, 0.15) is 0 Å². The van der Waals surface area contributed by atoms with Crippen LogP contribution in [0.3, 0.4) is 0 Å². The number of hydrogen-bond acceptors (Lipinski definition) is 4. The van der Waals surface area contributed by atoms with Crippen LogP contribution in [0.1, 0.15) is 50.3 Å². The molecule has 3 N–H and O–H groups in total. The lowest BCUT2D eigenvalue weighted by Crippen LogP contribution is -2.46. The van der Waals surface area contributed by atoms with Crippen LogP contribution in [-0.4, -0.2) is 46.8 Å². The number of nitrogens with one attached hydrogen (secondary N) is 3. The molecule has 1 aromatic rings. The second kappa shape index (κ2) is 10.3. The molecule has 1 aromatic heterocycles. The van der Waals surface area contributed by atoms with Crippen molar-refractivity contribution in [3.05, 3.63) is 22.4 Å². The van der Waals surface area contributed by atoms with E-state index in [9.17, 15) is 8.42 Å². The summed E-state index contributed by atoms with van der Waals surface area (Å²) in [5, 5.41) is 8.94. The Kier molecular flexibility index (Phi) is 8.37. The minimum Gasteiger partial charge on any atom is -0.356 e. The molecule has 26 heavy (non-hydrogen) atoms. The summed E-state index contributed by atoms with van der Waals surface area (Å²) in [4.78, 5) is 5.77. The average Bonchev–Trinajstić information content (AvgIpc) is 3.20. The lowest BCUT2D eigenvalue weighted by Gasteiger charge is -2.37. The van der Waals surface area contributed by atoms with E-state index in [1.807, 2.05) is 11.3 Å². The molecule has 6 nitrogen and oxygen atoms in total. The Hall–Kier alpha value is -1.12. The number of guanidine groups is 1. The van der Waals surface area contributed by atoms with Gasteiger partial charge in [-0.25, -0.2) is 13.1 Å². The standard InChI is InChI=1S/C18H32N4O2S2/c1-3-26(23,24)22-13-8-12-20-17(19-2)21-15-18(10-5-4-6-11-18)16-9-7-14-25-16/h7,9,14,22H,3-6,8,10-13,15H2,1-2H3,(H2,19,20,21). The fraction of sp³-hybridized carbons (Fsp3) is 0.722. The van der Waals surface area contributed by atoms with E-state index in [2.05, 4.69) is 37.9 Å². The van der Waals surface area contributed by atoms with Crippen molar-refractivity contribution in [1.82, 2.24) is 15.4 Å². The highest BCUT2D eigenvalue weighted by molar-refractivity contribution is 7.89. The topological polar surface area (TPSA) is 82.6 Å². The minimum atomic E-state index is -3.11. The van der Waals surface area contributed by atoms with E-state index >= 15 is 0 Å². The van der Waals surface area contributed by atoms with Gasteiger partial charge in [0.15, 0.2) is 5.96 Å². The average molecular weight is 401 g/mol. The Bertz CT molecular complexity index is 651. The molecule has 0 atom stereocenters. The van der Waals surface area contributed by atoms with Gasteiger partial charge in [0, 0.05) is 37.0 Å². The Labute approximate surface area is 161 Å². The maximum absolute atomic E-state index is 11.4. The third-order valence-electron chi connectivity index (χ3n) is 5.02. The highest BCUT2D eigenvalue weighted by Crippen LogP contribution is 2.41. The van der Waals surface area contributed by atoms with Crippen molar-refractivity contribution in [3.8, 4) is 0 Å². The molecule has 0 saturated heterocycles. The second-order valence-electron chi connectivity index (χ2n) is 6.82. The lowest BCUT2D eigenvalue weighted by molar-refractivity contribution is 0.296. The predicted octanol–water partition coefficient (Wildman–Crippen LogP) is 2.44. The molecule has 1 aliphatic rings. The Morgan fingerprint density at radius 1 is 1.23 bits per heavy atom. The zero-order valence-corrected chi connectivity index (χ0v) is 17.5. The van der Waals surface area contributed by atoms with Gasteiger partial charge >= 0.3 is 0 Å². The normalized spacial score (nSPS) is 17.8. The van der Waals surface area contributed by atoms with Crippen LogP contribution in [0.25, 0.3) is 0 Å². The zero-order chi connectivity index (χ0) is 18.9. The van der Waals surface area contributed by atoms with Gasteiger partial charge in [-0.2, -0.15) is 0 Å². The van der Waals surface area contributed by atoms with E-state index in [1.165, 1.54) is 37.0 Å². The minimum absolute atomic E-state index is 0.119. The summed E-state index contributed by atoms with van der Waals surface area (Å²) in [5.41, 5.74) is 0.209. The van der Waals surface area contributed by atoms with Gasteiger partial charge < -0.3 is 10.6 Å². The van der Waals surface area contributed by atoms with Crippen molar-refractivity contribution in [3.63, 3.8) is 0 Å². The molecule has 0 aromatic carbocycles. The van der Waals surface area contributed by atoms with E-state index in [0.29, 0.717) is 13.1 Å². The van der Waals surface area contributed by atoms with Gasteiger partial charge in [-0.15, -0.1) is 11.3 Å². The molecule has 0 unspecified atom stereocenters. The number of nitrogens with zero attached hydrogens (tertiary/aromatic N) is 1. The molecule has 1 fully saturated rings. The van der Waals surface area contributed by atoms with Crippen molar-refractivity contribution < 1.29 is 8.42 Å². The number of thiophene rings is 1. The smallest absolute Gasteiger partial charge is 0.211 e. The number of sulfonamides is 1. The van der Waals surface area contributed by atoms with Crippen LogP contribution in [0, 0.1) is 0 Å². The number of rotatable bonds is 9. The molecule has 1 aliphatic carbocycles.